The van der Waals surface area contributed by atoms with Crippen LogP contribution >= 0.6 is 0 Å². The zero-order chi connectivity index (χ0) is 25.2. The van der Waals surface area contributed by atoms with Crippen molar-refractivity contribution < 1.29 is 57.2 Å². The molecule has 1 aliphatic heterocycles. The van der Waals surface area contributed by atoms with Crippen LogP contribution in [0.1, 0.15) is 6.92 Å². The van der Waals surface area contributed by atoms with Gasteiger partial charge in [0.15, 0.2) is 18.4 Å². The van der Waals surface area contributed by atoms with Crippen LogP contribution in [0.15, 0.2) is 0 Å². The molecular formula is C21H37N2O11+. The van der Waals surface area contributed by atoms with E-state index in [9.17, 15) is 24.3 Å². The fraction of sp³-hybridized carbons (Fsp3) is 0.810. The highest BCUT2D eigenvalue weighted by Gasteiger charge is 2.45. The lowest BCUT2D eigenvalue weighted by atomic mass is 10.1. The first-order chi connectivity index (χ1) is 16.3. The number of methoxy groups -OCH3 is 1. The lowest BCUT2D eigenvalue weighted by Gasteiger charge is -2.46. The minimum Gasteiger partial charge on any atom is -0.462 e. The Kier molecular flexibility index (Phi) is 15.2. The Morgan fingerprint density at radius 1 is 0.765 bits per heavy atom. The van der Waals surface area contributed by atoms with E-state index in [2.05, 4.69) is 5.32 Å². The third-order valence-electron chi connectivity index (χ3n) is 4.66. The van der Waals surface area contributed by atoms with Crippen LogP contribution < -0.4 is 5.32 Å². The molecule has 0 spiro atoms. The number of aliphatic hydroxyl groups excluding tert-OH is 1. The van der Waals surface area contributed by atoms with Gasteiger partial charge in [-0.25, -0.2) is 4.79 Å². The van der Waals surface area contributed by atoms with Gasteiger partial charge in [-0.05, 0) is 0 Å². The summed E-state index contributed by atoms with van der Waals surface area (Å²) < 4.78 is 30.4. The second-order valence-electron chi connectivity index (χ2n) is 7.86. The number of esters is 3. The maximum Gasteiger partial charge on any atom is 0.361 e. The van der Waals surface area contributed by atoms with Gasteiger partial charge >= 0.3 is 17.9 Å². The van der Waals surface area contributed by atoms with Gasteiger partial charge in [-0.1, -0.05) is 0 Å². The Hall–Kier alpha value is -2.16. The number of ether oxygens (including phenoxy) is 6. The van der Waals surface area contributed by atoms with Crippen molar-refractivity contribution in [3.63, 3.8) is 0 Å². The number of nitrogens with zero attached hydrogens (tertiary/aromatic N) is 1. The molecule has 2 N–H and O–H groups in total. The number of Topliss-reactive ketones (excluding diaryl/α,β-unsaturated/α-hetero) is 1. The molecule has 0 aliphatic carbocycles. The number of quaternary nitrogens is 1. The van der Waals surface area contributed by atoms with Gasteiger partial charge in [-0.15, -0.1) is 0 Å². The molecule has 1 fully saturated rings. The number of likely N-dealkylation sites (tertiary alicyclic amines) is 1. The summed E-state index contributed by atoms with van der Waals surface area (Å²) in [6.07, 6.45) is -0.501. The molecule has 1 rings (SSSR count). The van der Waals surface area contributed by atoms with Crippen molar-refractivity contribution in [2.24, 2.45) is 0 Å². The highest BCUT2D eigenvalue weighted by atomic mass is 16.6. The highest BCUT2D eigenvalue weighted by molar-refractivity contribution is 5.77. The van der Waals surface area contributed by atoms with Crippen molar-refractivity contribution in [3.05, 3.63) is 0 Å². The largest absolute Gasteiger partial charge is 0.462 e. The molecule has 0 aromatic rings. The fourth-order valence-corrected chi connectivity index (χ4v) is 3.30. The van der Waals surface area contributed by atoms with E-state index in [0.717, 1.165) is 0 Å². The molecule has 0 unspecified atom stereocenters. The van der Waals surface area contributed by atoms with Crippen LogP contribution in [0.25, 0.3) is 0 Å². The van der Waals surface area contributed by atoms with E-state index in [1.54, 1.807) is 7.11 Å². The van der Waals surface area contributed by atoms with Gasteiger partial charge in [0.1, 0.15) is 39.5 Å². The minimum atomic E-state index is -0.554. The second kappa shape index (κ2) is 17.3. The molecule has 0 amide bonds. The average molecular weight is 494 g/mol. The third-order valence-corrected chi connectivity index (χ3v) is 4.66. The Labute approximate surface area is 199 Å². The zero-order valence-electron chi connectivity index (χ0n) is 20.0. The van der Waals surface area contributed by atoms with Crippen LogP contribution in [0.3, 0.4) is 0 Å². The summed E-state index contributed by atoms with van der Waals surface area (Å²) in [6.45, 7) is 3.61. The van der Waals surface area contributed by atoms with Gasteiger partial charge in [-0.3, -0.25) is 19.7 Å². The smallest absolute Gasteiger partial charge is 0.361 e. The number of hydrogen-bond donors (Lipinski definition) is 2. The van der Waals surface area contributed by atoms with Crippen molar-refractivity contribution >= 4 is 23.7 Å². The zero-order valence-corrected chi connectivity index (χ0v) is 20.0. The topological polar surface area (TPSA) is 156 Å². The summed E-state index contributed by atoms with van der Waals surface area (Å²) >= 11 is 0. The summed E-state index contributed by atoms with van der Waals surface area (Å²) in [5.74, 6) is -1.58. The molecule has 1 saturated heterocycles. The maximum atomic E-state index is 12.0. The highest BCUT2D eigenvalue weighted by Crippen LogP contribution is 2.20. The number of carbonyl (C=O) groups excluding carboxylic acids is 4. The van der Waals surface area contributed by atoms with Crippen LogP contribution in [0.4, 0.5) is 0 Å². The van der Waals surface area contributed by atoms with Crippen LogP contribution in [0.5, 0.6) is 0 Å². The van der Waals surface area contributed by atoms with Gasteiger partial charge in [-0.2, -0.15) is 0 Å². The van der Waals surface area contributed by atoms with Gasteiger partial charge in [0.2, 0.25) is 0 Å². The first kappa shape index (κ1) is 29.9. The Balaban J connectivity index is 1.96. The standard InChI is InChI=1S/C21H37N2O11/c1-17(24)13-23(14-18(25)15-23)16-21(28)34-10-7-31-6-9-33-20(27)12-22-11-19(26)32-8-5-30-4-3-29-2/h18,22,25H,3-16H2,1-2H3/q+1. The second-order valence-corrected chi connectivity index (χ2v) is 7.86. The number of carbonyl (C=O) groups is 4. The van der Waals surface area contributed by atoms with E-state index in [4.69, 9.17) is 28.4 Å². The molecule has 1 aliphatic rings. The van der Waals surface area contributed by atoms with E-state index in [1.807, 2.05) is 0 Å². The lowest BCUT2D eigenvalue weighted by molar-refractivity contribution is -0.959. The summed E-state index contributed by atoms with van der Waals surface area (Å²) in [7, 11) is 1.56. The van der Waals surface area contributed by atoms with E-state index >= 15 is 0 Å². The van der Waals surface area contributed by atoms with Gasteiger partial charge in [0.25, 0.3) is 0 Å². The van der Waals surface area contributed by atoms with Gasteiger partial charge < -0.3 is 38.0 Å². The van der Waals surface area contributed by atoms with E-state index < -0.39 is 24.0 Å². The molecule has 0 saturated carbocycles. The summed E-state index contributed by atoms with van der Waals surface area (Å²) in [5.41, 5.74) is 0. The molecule has 0 atom stereocenters. The Bertz CT molecular complexity index is 638. The molecule has 0 radical (unpaired) electrons. The average Bonchev–Trinajstić information content (AvgIpc) is 2.74. The molecular weight excluding hydrogens is 456 g/mol. The molecule has 0 aromatic heterocycles. The van der Waals surface area contributed by atoms with E-state index in [0.29, 0.717) is 26.3 Å². The monoisotopic (exact) mass is 493 g/mol. The normalized spacial score (nSPS) is 19.2. The SMILES string of the molecule is COCCOCCOC(=O)CNCC(=O)OCCOCCOC(=O)C[N+]1(CC(C)=O)CC(O)C1. The van der Waals surface area contributed by atoms with Crippen LogP contribution in [-0.2, 0) is 47.6 Å². The predicted molar refractivity (Wildman–Crippen MR) is 116 cm³/mol. The van der Waals surface area contributed by atoms with Crippen molar-refractivity contribution in [1.82, 2.24) is 5.32 Å². The third kappa shape index (κ3) is 14.2. The van der Waals surface area contributed by atoms with Crippen LogP contribution in [-0.4, -0.2) is 139 Å². The first-order valence-electron chi connectivity index (χ1n) is 11.1. The number of hydrogen-bond acceptors (Lipinski definition) is 12. The number of rotatable bonds is 20. The number of ketones is 1. The quantitative estimate of drug-likeness (QED) is 0.0808. The molecule has 196 valence electrons. The number of aliphatic hydroxyl groups is 1. The molecule has 0 bridgehead atoms. The Morgan fingerprint density at radius 3 is 1.68 bits per heavy atom. The summed E-state index contributed by atoms with van der Waals surface area (Å²) in [6, 6.07) is 0. The predicted octanol–water partition coefficient (Wildman–Crippen LogP) is -2.33. The lowest BCUT2D eigenvalue weighted by Crippen LogP contribution is -2.69. The molecule has 0 aromatic carbocycles. The maximum absolute atomic E-state index is 12.0. The molecule has 13 heteroatoms. The number of nitrogens with one attached hydrogen (secondary N) is 1. The first-order valence-corrected chi connectivity index (χ1v) is 11.1. The fourth-order valence-electron chi connectivity index (χ4n) is 3.30. The minimum absolute atomic E-state index is 0.00815. The summed E-state index contributed by atoms with van der Waals surface area (Å²) in [5, 5.41) is 12.1. The van der Waals surface area contributed by atoms with E-state index in [1.165, 1.54) is 6.92 Å². The van der Waals surface area contributed by atoms with E-state index in [-0.39, 0.29) is 76.1 Å². The molecule has 34 heavy (non-hydrogen) atoms. The van der Waals surface area contributed by atoms with Gasteiger partial charge in [0.05, 0.1) is 46.1 Å². The molecule has 13 nitrogen and oxygen atoms in total. The van der Waals surface area contributed by atoms with Crippen molar-refractivity contribution in [1.29, 1.82) is 0 Å². The van der Waals surface area contributed by atoms with Gasteiger partial charge in [0, 0.05) is 14.0 Å². The Morgan fingerprint density at radius 2 is 1.24 bits per heavy atom. The van der Waals surface area contributed by atoms with Crippen molar-refractivity contribution in [2.45, 2.75) is 13.0 Å². The van der Waals surface area contributed by atoms with Crippen molar-refractivity contribution in [2.75, 3.05) is 99.2 Å². The van der Waals surface area contributed by atoms with Crippen LogP contribution in [0, 0.1) is 0 Å². The summed E-state index contributed by atoms with van der Waals surface area (Å²) in [4.78, 5) is 46.4. The molecule has 1 heterocycles. The van der Waals surface area contributed by atoms with Crippen LogP contribution in [0.2, 0.25) is 0 Å². The van der Waals surface area contributed by atoms with Crippen molar-refractivity contribution in [3.8, 4) is 0 Å².